The fourth-order valence-corrected chi connectivity index (χ4v) is 1.24. The maximum atomic E-state index is 13.2. The topological polar surface area (TPSA) is 81.5 Å². The molecule has 1 aromatic rings. The standard InChI is InChI=1S/C10H11FN2O4/c1-17-9(14)5-6-12-8-4-2-3-7(11)10(8)13(15)16/h2-4,12H,5-6H2,1H3. The lowest BCUT2D eigenvalue weighted by molar-refractivity contribution is -0.386. The number of hydrogen-bond acceptors (Lipinski definition) is 5. The number of rotatable bonds is 5. The average molecular weight is 242 g/mol. The summed E-state index contributed by atoms with van der Waals surface area (Å²) in [6.45, 7) is 0.136. The van der Waals surface area contributed by atoms with Crippen LogP contribution in [0.25, 0.3) is 0 Å². The van der Waals surface area contributed by atoms with Gasteiger partial charge in [0, 0.05) is 6.54 Å². The first kappa shape index (κ1) is 12.9. The van der Waals surface area contributed by atoms with E-state index in [1.807, 2.05) is 0 Å². The van der Waals surface area contributed by atoms with E-state index in [2.05, 4.69) is 10.1 Å². The van der Waals surface area contributed by atoms with E-state index in [1.54, 1.807) is 0 Å². The lowest BCUT2D eigenvalue weighted by atomic mass is 10.2. The molecule has 0 unspecified atom stereocenters. The number of para-hydroxylation sites is 1. The molecule has 92 valence electrons. The van der Waals surface area contributed by atoms with Crippen molar-refractivity contribution in [3.05, 3.63) is 34.1 Å². The summed E-state index contributed by atoms with van der Waals surface area (Å²) in [6, 6.07) is 3.73. The minimum atomic E-state index is -0.918. The molecule has 1 rings (SSSR count). The van der Waals surface area contributed by atoms with Gasteiger partial charge in [0.25, 0.3) is 0 Å². The number of nitro benzene ring substituents is 1. The van der Waals surface area contributed by atoms with Crippen LogP contribution in [0.4, 0.5) is 15.8 Å². The summed E-state index contributed by atoms with van der Waals surface area (Å²) < 4.78 is 17.6. The van der Waals surface area contributed by atoms with Gasteiger partial charge < -0.3 is 10.1 Å². The minimum absolute atomic E-state index is 0.0407. The zero-order valence-electron chi connectivity index (χ0n) is 9.10. The largest absolute Gasteiger partial charge is 0.469 e. The van der Waals surface area contributed by atoms with Crippen LogP contribution < -0.4 is 5.32 Å². The molecule has 0 atom stereocenters. The highest BCUT2D eigenvalue weighted by molar-refractivity contribution is 5.70. The Morgan fingerprint density at radius 1 is 1.59 bits per heavy atom. The number of esters is 1. The van der Waals surface area contributed by atoms with Gasteiger partial charge in [-0.05, 0) is 12.1 Å². The Morgan fingerprint density at radius 2 is 2.29 bits per heavy atom. The van der Waals surface area contributed by atoms with Crippen molar-refractivity contribution in [2.75, 3.05) is 19.0 Å². The van der Waals surface area contributed by atoms with Gasteiger partial charge in [0.15, 0.2) is 0 Å². The fourth-order valence-electron chi connectivity index (χ4n) is 1.24. The average Bonchev–Trinajstić information content (AvgIpc) is 2.28. The number of nitro groups is 1. The second-order valence-electron chi connectivity index (χ2n) is 3.15. The van der Waals surface area contributed by atoms with Crippen LogP contribution in [0.5, 0.6) is 0 Å². The van der Waals surface area contributed by atoms with E-state index in [9.17, 15) is 19.3 Å². The molecule has 0 aliphatic carbocycles. The van der Waals surface area contributed by atoms with Crippen molar-refractivity contribution in [1.82, 2.24) is 0 Å². The number of carbonyl (C=O) groups excluding carboxylic acids is 1. The van der Waals surface area contributed by atoms with Crippen molar-refractivity contribution < 1.29 is 18.8 Å². The molecule has 17 heavy (non-hydrogen) atoms. The molecule has 0 radical (unpaired) electrons. The third kappa shape index (κ3) is 3.40. The zero-order chi connectivity index (χ0) is 12.8. The van der Waals surface area contributed by atoms with Crippen LogP contribution in [0.1, 0.15) is 6.42 Å². The maximum Gasteiger partial charge on any atom is 0.327 e. The van der Waals surface area contributed by atoms with Gasteiger partial charge in [-0.15, -0.1) is 0 Å². The van der Waals surface area contributed by atoms with Crippen LogP contribution in [0.2, 0.25) is 0 Å². The van der Waals surface area contributed by atoms with Crippen molar-refractivity contribution in [2.24, 2.45) is 0 Å². The van der Waals surface area contributed by atoms with Crippen molar-refractivity contribution in [3.8, 4) is 0 Å². The molecule has 0 amide bonds. The minimum Gasteiger partial charge on any atom is -0.469 e. The Bertz CT molecular complexity index is 436. The molecule has 0 aliphatic rings. The summed E-state index contributed by atoms with van der Waals surface area (Å²) in [7, 11) is 1.24. The van der Waals surface area contributed by atoms with Crippen molar-refractivity contribution in [1.29, 1.82) is 0 Å². The first-order valence-electron chi connectivity index (χ1n) is 4.80. The third-order valence-electron chi connectivity index (χ3n) is 2.04. The Hall–Kier alpha value is -2.18. The summed E-state index contributed by atoms with van der Waals surface area (Å²) >= 11 is 0. The van der Waals surface area contributed by atoms with Crippen LogP contribution in [0.3, 0.4) is 0 Å². The van der Waals surface area contributed by atoms with Crippen molar-refractivity contribution >= 4 is 17.3 Å². The van der Waals surface area contributed by atoms with E-state index in [1.165, 1.54) is 19.2 Å². The monoisotopic (exact) mass is 242 g/mol. The molecular weight excluding hydrogens is 231 g/mol. The Labute approximate surface area is 96.5 Å². The Morgan fingerprint density at radius 3 is 2.88 bits per heavy atom. The summed E-state index contributed by atoms with van der Waals surface area (Å²) in [5, 5.41) is 13.2. The normalized spacial score (nSPS) is 9.76. The number of anilines is 1. The quantitative estimate of drug-likeness (QED) is 0.483. The molecule has 0 fully saturated rings. The van der Waals surface area contributed by atoms with Crippen LogP contribution in [0, 0.1) is 15.9 Å². The summed E-state index contributed by atoms with van der Waals surface area (Å²) in [4.78, 5) is 20.6. The predicted molar refractivity (Wildman–Crippen MR) is 58.2 cm³/mol. The van der Waals surface area contributed by atoms with Gasteiger partial charge in [-0.3, -0.25) is 14.9 Å². The number of nitrogens with zero attached hydrogens (tertiary/aromatic N) is 1. The van der Waals surface area contributed by atoms with E-state index in [4.69, 9.17) is 0 Å². The van der Waals surface area contributed by atoms with Crippen LogP contribution in [-0.4, -0.2) is 24.5 Å². The number of benzene rings is 1. The maximum absolute atomic E-state index is 13.2. The fraction of sp³-hybridized carbons (Fsp3) is 0.300. The van der Waals surface area contributed by atoms with Crippen LogP contribution in [0.15, 0.2) is 18.2 Å². The van der Waals surface area contributed by atoms with Crippen LogP contribution >= 0.6 is 0 Å². The predicted octanol–water partition coefficient (Wildman–Crippen LogP) is 1.71. The number of hydrogen-bond donors (Lipinski definition) is 1. The zero-order valence-corrected chi connectivity index (χ0v) is 9.10. The highest BCUT2D eigenvalue weighted by atomic mass is 19.1. The SMILES string of the molecule is COC(=O)CCNc1cccc(F)c1[N+](=O)[O-]. The lowest BCUT2D eigenvalue weighted by Gasteiger charge is -2.06. The molecule has 6 nitrogen and oxygen atoms in total. The van der Waals surface area contributed by atoms with Crippen LogP contribution in [-0.2, 0) is 9.53 Å². The third-order valence-corrected chi connectivity index (χ3v) is 2.04. The van der Waals surface area contributed by atoms with Gasteiger partial charge in [-0.2, -0.15) is 4.39 Å². The molecule has 0 spiro atoms. The smallest absolute Gasteiger partial charge is 0.327 e. The lowest BCUT2D eigenvalue weighted by Crippen LogP contribution is -2.11. The van der Waals surface area contributed by atoms with Gasteiger partial charge in [-0.25, -0.2) is 0 Å². The van der Waals surface area contributed by atoms with Crippen molar-refractivity contribution in [2.45, 2.75) is 6.42 Å². The van der Waals surface area contributed by atoms with E-state index >= 15 is 0 Å². The highest BCUT2D eigenvalue weighted by Gasteiger charge is 2.19. The number of ether oxygens (including phenoxy) is 1. The van der Waals surface area contributed by atoms with E-state index in [-0.39, 0.29) is 18.7 Å². The molecule has 1 aromatic carbocycles. The Kier molecular flexibility index (Phi) is 4.38. The van der Waals surface area contributed by atoms with Gasteiger partial charge in [0.05, 0.1) is 18.5 Å². The number of nitrogens with one attached hydrogen (secondary N) is 1. The molecule has 0 saturated heterocycles. The number of carbonyl (C=O) groups is 1. The molecule has 0 bridgehead atoms. The summed E-state index contributed by atoms with van der Waals surface area (Å²) in [5.74, 6) is -1.37. The Balaban J connectivity index is 2.74. The van der Waals surface area contributed by atoms with E-state index in [0.29, 0.717) is 0 Å². The van der Waals surface area contributed by atoms with Gasteiger partial charge in [0.1, 0.15) is 5.69 Å². The molecule has 0 saturated carbocycles. The molecule has 0 aromatic heterocycles. The van der Waals surface area contributed by atoms with E-state index in [0.717, 1.165) is 6.07 Å². The molecular formula is C10H11FN2O4. The highest BCUT2D eigenvalue weighted by Crippen LogP contribution is 2.26. The van der Waals surface area contributed by atoms with E-state index < -0.39 is 22.4 Å². The second-order valence-corrected chi connectivity index (χ2v) is 3.15. The first-order chi connectivity index (χ1) is 8.06. The number of methoxy groups -OCH3 is 1. The first-order valence-corrected chi connectivity index (χ1v) is 4.80. The van der Waals surface area contributed by atoms with Crippen molar-refractivity contribution in [3.63, 3.8) is 0 Å². The van der Waals surface area contributed by atoms with Gasteiger partial charge in [-0.1, -0.05) is 6.07 Å². The molecule has 0 aliphatic heterocycles. The summed E-state index contributed by atoms with van der Waals surface area (Å²) in [6.07, 6.45) is 0.0458. The number of halogens is 1. The molecule has 0 heterocycles. The van der Waals surface area contributed by atoms with Gasteiger partial charge >= 0.3 is 11.7 Å². The summed E-state index contributed by atoms with van der Waals surface area (Å²) in [5.41, 5.74) is -0.587. The molecule has 1 N–H and O–H groups in total. The van der Waals surface area contributed by atoms with Gasteiger partial charge in [0.2, 0.25) is 5.82 Å². The molecule has 7 heteroatoms. The second kappa shape index (κ2) is 5.78.